The summed E-state index contributed by atoms with van der Waals surface area (Å²) in [6.07, 6.45) is 5.47. The van der Waals surface area contributed by atoms with Crippen molar-refractivity contribution in [3.05, 3.63) is 247 Å². The van der Waals surface area contributed by atoms with Gasteiger partial charge in [-0.15, -0.1) is 0 Å². The van der Waals surface area contributed by atoms with Gasteiger partial charge in [-0.05, 0) is 170 Å². The number of furan rings is 1. The molecule has 1 aliphatic rings. The molecule has 1 aliphatic heterocycles. The molecule has 372 valence electrons. The summed E-state index contributed by atoms with van der Waals surface area (Å²) in [6.45, 7) is 0.726. The standard InChI is InChI=1S/C72H52N4O2/c1-44-17-14-18-45(2)69(44)47-38-60(46-31-34-67-61(37-46)58-26-11-13-30-66(58)78-67)70-62(39-47)55-24-9-7-22-53(55)52-21-6-8-23-54(52)59-27-16-29-64-71(59)75(70)43-74(64)49-19-15-20-50(41-49)77-51-32-33-57-56-25-10-12-28-63(56)76(65(57)42-51)68-40-48(35-36-73-68)72(3,4)5/h6-42H,1-5H3/i1D3,2D3,6D,7D,8D,9D,21D,22D,23D,24D. The number of nitrogens with zero attached hydrogens (tertiary/aromatic N) is 4. The number of aromatic nitrogens is 4. The van der Waals surface area contributed by atoms with E-state index in [1.165, 1.54) is 24.3 Å². The van der Waals surface area contributed by atoms with E-state index in [-0.39, 0.29) is 66.7 Å². The molecule has 78 heavy (non-hydrogen) atoms. The maximum Gasteiger partial charge on any atom is 0.269 e. The first-order valence-corrected chi connectivity index (χ1v) is 25.6. The number of aryl methyl sites for hydroxylation is 2. The van der Waals surface area contributed by atoms with Crippen LogP contribution in [0.1, 0.15) is 56.7 Å². The minimum Gasteiger partial charge on any atom is -0.458 e. The number of pyridine rings is 1. The summed E-state index contributed by atoms with van der Waals surface area (Å²) < 4.78 is 149. The van der Waals surface area contributed by atoms with E-state index in [9.17, 15) is 11.0 Å². The third-order valence-electron chi connectivity index (χ3n) is 15.0. The lowest BCUT2D eigenvalue weighted by Crippen LogP contribution is -2.32. The largest absolute Gasteiger partial charge is 0.458 e. The molecule has 15 rings (SSSR count). The molecule has 6 nitrogen and oxygen atoms in total. The Morgan fingerprint density at radius 1 is 0.538 bits per heavy atom. The van der Waals surface area contributed by atoms with Gasteiger partial charge in [-0.25, -0.2) is 4.98 Å². The molecule has 14 aromatic rings. The van der Waals surface area contributed by atoms with Gasteiger partial charge < -0.3 is 9.15 Å². The Morgan fingerprint density at radius 3 is 2.00 bits per heavy atom. The molecule has 0 aliphatic carbocycles. The van der Waals surface area contributed by atoms with Gasteiger partial charge in [0.2, 0.25) is 0 Å². The number of hydrogen-bond acceptors (Lipinski definition) is 3. The molecule has 0 bridgehead atoms. The maximum absolute atomic E-state index is 10.1. The Bertz CT molecular complexity index is 5490. The molecule has 0 radical (unpaired) electrons. The van der Waals surface area contributed by atoms with Crippen LogP contribution in [0.25, 0.3) is 128 Å². The third-order valence-corrected chi connectivity index (χ3v) is 15.0. The van der Waals surface area contributed by atoms with Gasteiger partial charge in [-0.2, -0.15) is 0 Å². The van der Waals surface area contributed by atoms with E-state index in [1.54, 1.807) is 39.5 Å². The van der Waals surface area contributed by atoms with Gasteiger partial charge in [0.1, 0.15) is 28.5 Å². The Hall–Kier alpha value is -9.78. The molecular weight excluding hydrogens is 953 g/mol. The minimum absolute atomic E-state index is 0.0223. The van der Waals surface area contributed by atoms with E-state index >= 15 is 0 Å². The van der Waals surface area contributed by atoms with Crippen molar-refractivity contribution in [2.75, 3.05) is 0 Å². The van der Waals surface area contributed by atoms with Gasteiger partial charge in [-0.3, -0.25) is 13.7 Å². The van der Waals surface area contributed by atoms with Gasteiger partial charge in [0.05, 0.1) is 44.4 Å². The molecule has 4 aromatic heterocycles. The van der Waals surface area contributed by atoms with Crippen molar-refractivity contribution < 1.29 is 32.9 Å². The average molecular weight is 1020 g/mol. The summed E-state index contributed by atoms with van der Waals surface area (Å²) in [7, 11) is 0. The van der Waals surface area contributed by atoms with Crippen molar-refractivity contribution in [2.45, 2.75) is 39.9 Å². The molecule has 0 unspecified atom stereocenters. The van der Waals surface area contributed by atoms with Crippen LogP contribution in [0.2, 0.25) is 0 Å². The highest BCUT2D eigenvalue weighted by molar-refractivity contribution is 6.10. The van der Waals surface area contributed by atoms with Crippen molar-refractivity contribution in [3.63, 3.8) is 0 Å². The van der Waals surface area contributed by atoms with E-state index in [0.717, 1.165) is 38.6 Å². The second-order valence-corrected chi connectivity index (χ2v) is 20.7. The fraction of sp³-hybridized carbons (Fsp3) is 0.0833. The molecule has 6 heteroatoms. The predicted octanol–water partition coefficient (Wildman–Crippen LogP) is 18.5. The highest BCUT2D eigenvalue weighted by Gasteiger charge is 2.28. The Morgan fingerprint density at radius 2 is 1.21 bits per heavy atom. The van der Waals surface area contributed by atoms with Gasteiger partial charge in [0, 0.05) is 42.0 Å². The highest BCUT2D eigenvalue weighted by Crippen LogP contribution is 2.48. The monoisotopic (exact) mass is 1020 g/mol. The van der Waals surface area contributed by atoms with Crippen LogP contribution < -0.4 is 9.30 Å². The van der Waals surface area contributed by atoms with Crippen LogP contribution in [0.5, 0.6) is 11.5 Å². The molecule has 0 atom stereocenters. The minimum atomic E-state index is -2.89. The van der Waals surface area contributed by atoms with Crippen molar-refractivity contribution >= 4 is 54.8 Å². The first-order chi connectivity index (χ1) is 43.9. The van der Waals surface area contributed by atoms with E-state index in [0.29, 0.717) is 55.9 Å². The third kappa shape index (κ3) is 7.17. The van der Waals surface area contributed by atoms with Crippen LogP contribution in [0, 0.1) is 20.0 Å². The van der Waals surface area contributed by atoms with E-state index in [1.807, 2.05) is 103 Å². The van der Waals surface area contributed by atoms with E-state index < -0.39 is 62.0 Å². The smallest absolute Gasteiger partial charge is 0.269 e. The summed E-state index contributed by atoms with van der Waals surface area (Å²) in [5.74, 6) is 1.72. The zero-order chi connectivity index (χ0) is 64.4. The molecule has 0 N–H and O–H groups in total. The lowest BCUT2D eigenvalue weighted by atomic mass is 9.85. The van der Waals surface area contributed by atoms with Crippen LogP contribution >= 0.6 is 0 Å². The first kappa shape index (κ1) is 33.3. The quantitative estimate of drug-likeness (QED) is 0.123. The fourth-order valence-electron chi connectivity index (χ4n) is 11.4. The molecule has 0 spiro atoms. The summed E-state index contributed by atoms with van der Waals surface area (Å²) >= 11 is 0. The van der Waals surface area contributed by atoms with Crippen molar-refractivity contribution in [1.82, 2.24) is 14.1 Å². The van der Waals surface area contributed by atoms with Crippen molar-refractivity contribution in [1.29, 1.82) is 0 Å². The molecule has 0 fully saturated rings. The summed E-state index contributed by atoms with van der Waals surface area (Å²) in [4.78, 5) is 4.87. The van der Waals surface area contributed by atoms with Crippen molar-refractivity contribution in [2.24, 2.45) is 0 Å². The lowest BCUT2D eigenvalue weighted by molar-refractivity contribution is -0.570. The molecule has 5 heterocycles. The van der Waals surface area contributed by atoms with Crippen LogP contribution in [0.3, 0.4) is 0 Å². The van der Waals surface area contributed by atoms with Crippen LogP contribution in [0.4, 0.5) is 0 Å². The van der Waals surface area contributed by atoms with Gasteiger partial charge >= 0.3 is 0 Å². The fourth-order valence-corrected chi connectivity index (χ4v) is 11.4. The Kier molecular flexibility index (Phi) is 7.42. The van der Waals surface area contributed by atoms with E-state index in [4.69, 9.17) is 22.4 Å². The van der Waals surface area contributed by atoms with Crippen LogP contribution in [0.15, 0.2) is 229 Å². The van der Waals surface area contributed by atoms with Gasteiger partial charge in [0.25, 0.3) is 6.33 Å². The molecule has 0 amide bonds. The zero-order valence-electron chi connectivity index (χ0n) is 56.3. The Labute approximate surface area is 472 Å². The number of imidazole rings is 1. The zero-order valence-corrected chi connectivity index (χ0v) is 42.3. The first-order valence-electron chi connectivity index (χ1n) is 32.6. The summed E-state index contributed by atoms with van der Waals surface area (Å²) in [5, 5.41) is 3.49. The maximum atomic E-state index is 10.1. The number of hydrogen-bond donors (Lipinski definition) is 0. The molecule has 0 saturated heterocycles. The number of ether oxygens (including phenoxy) is 1. The SMILES string of the molecule is [2H]c1c([2H])c([2H])c2c(c1[2H])-c1cc(-c3c(C([2H])([2H])[2H])cccc3C([2H])([2H])[2H])cc(-c3ccc4oc5ccccc5c4c3)c1-[n+]1[c-]n(-c3cccc(Oc4ccc5c6ccccc6n(-c6cc(C(C)(C)C)ccn6)c5c4)c3)c3cccc(c31)-c1c([2H])c([2H])c([2H])c([2H])c1-2. The van der Waals surface area contributed by atoms with Gasteiger partial charge in [0.15, 0.2) is 0 Å². The molecule has 10 aromatic carbocycles. The number of rotatable bonds is 6. The second kappa shape index (κ2) is 17.4. The predicted molar refractivity (Wildman–Crippen MR) is 318 cm³/mol. The molecule has 0 saturated carbocycles. The number of benzene rings is 10. The lowest BCUT2D eigenvalue weighted by Gasteiger charge is -2.22. The average Bonchev–Trinajstić information content (AvgIpc) is 1.43. The summed E-state index contributed by atoms with van der Waals surface area (Å²) in [6, 6.07) is 46.2. The van der Waals surface area contributed by atoms with Gasteiger partial charge in [-0.1, -0.05) is 154 Å². The number of para-hydroxylation sites is 3. The topological polar surface area (TPSA) is 49.0 Å². The Balaban J connectivity index is 1.05. The van der Waals surface area contributed by atoms with E-state index in [2.05, 4.69) is 49.9 Å². The van der Waals surface area contributed by atoms with Crippen molar-refractivity contribution in [3.8, 4) is 84.3 Å². The second-order valence-electron chi connectivity index (χ2n) is 20.7. The highest BCUT2D eigenvalue weighted by atomic mass is 16.5. The normalized spacial score (nSPS) is 15.1. The van der Waals surface area contributed by atoms with Crippen LogP contribution in [-0.4, -0.2) is 14.1 Å². The molecular formula is C72H52N4O2. The number of fused-ring (bicyclic) bond motifs is 13. The summed E-state index contributed by atoms with van der Waals surface area (Å²) in [5.41, 5.74) is 5.07. The van der Waals surface area contributed by atoms with Crippen LogP contribution in [-0.2, 0) is 5.41 Å².